The van der Waals surface area contributed by atoms with E-state index < -0.39 is 12.1 Å². The van der Waals surface area contributed by atoms with Gasteiger partial charge in [0.15, 0.2) is 0 Å². The number of carbonyl (C=O) groups excluding carboxylic acids is 2. The minimum Gasteiger partial charge on any atom is -0.467 e. The molecular weight excluding hydrogens is 270 g/mol. The zero-order valence-electron chi connectivity index (χ0n) is 13.0. The number of hydrogen-bond acceptors (Lipinski definition) is 5. The summed E-state index contributed by atoms with van der Waals surface area (Å²) in [5.41, 5.74) is 0.798. The molecule has 0 aliphatic carbocycles. The number of nitrogens with zero attached hydrogens (tertiary/aromatic N) is 1. The van der Waals surface area contributed by atoms with E-state index in [9.17, 15) is 9.59 Å². The topological polar surface area (TPSA) is 55.8 Å². The van der Waals surface area contributed by atoms with Crippen molar-refractivity contribution >= 4 is 17.6 Å². The average Bonchev–Trinajstić information content (AvgIpc) is 2.54. The van der Waals surface area contributed by atoms with Crippen molar-refractivity contribution in [2.24, 2.45) is 0 Å². The summed E-state index contributed by atoms with van der Waals surface area (Å²) >= 11 is 0. The highest BCUT2D eigenvalue weighted by molar-refractivity contribution is 5.86. The van der Waals surface area contributed by atoms with Crippen LogP contribution in [0.1, 0.15) is 26.7 Å². The number of esters is 2. The molecule has 0 saturated carbocycles. The van der Waals surface area contributed by atoms with Crippen LogP contribution in [0.15, 0.2) is 30.3 Å². The van der Waals surface area contributed by atoms with Crippen LogP contribution in [0.25, 0.3) is 0 Å². The van der Waals surface area contributed by atoms with Crippen LogP contribution in [0.2, 0.25) is 0 Å². The summed E-state index contributed by atoms with van der Waals surface area (Å²) in [7, 11) is 2.71. The number of hydrogen-bond donors (Lipinski definition) is 0. The van der Waals surface area contributed by atoms with Crippen molar-refractivity contribution in [2.75, 3.05) is 19.1 Å². The lowest BCUT2D eigenvalue weighted by atomic mass is 10.1. The van der Waals surface area contributed by atoms with Crippen molar-refractivity contribution in [1.82, 2.24) is 0 Å². The third-order valence-corrected chi connectivity index (χ3v) is 3.45. The summed E-state index contributed by atoms with van der Waals surface area (Å²) in [6, 6.07) is 8.32. The van der Waals surface area contributed by atoms with E-state index in [1.54, 1.807) is 4.90 Å². The van der Waals surface area contributed by atoms with Gasteiger partial charge >= 0.3 is 11.9 Å². The van der Waals surface area contributed by atoms with Gasteiger partial charge in [0.05, 0.1) is 14.2 Å². The molecule has 5 nitrogen and oxygen atoms in total. The molecule has 0 heterocycles. The van der Waals surface area contributed by atoms with Gasteiger partial charge in [-0.2, -0.15) is 0 Å². The fraction of sp³-hybridized carbons (Fsp3) is 0.500. The van der Waals surface area contributed by atoms with Crippen LogP contribution in [0.5, 0.6) is 0 Å². The van der Waals surface area contributed by atoms with Gasteiger partial charge in [-0.3, -0.25) is 0 Å². The lowest BCUT2D eigenvalue weighted by Gasteiger charge is -2.36. The molecule has 21 heavy (non-hydrogen) atoms. The van der Waals surface area contributed by atoms with Gasteiger partial charge in [0.2, 0.25) is 0 Å². The number of benzene rings is 1. The number of para-hydroxylation sites is 1. The summed E-state index contributed by atoms with van der Waals surface area (Å²) in [5.74, 6) is -0.715. The van der Waals surface area contributed by atoms with Crippen molar-refractivity contribution < 1.29 is 19.1 Å². The van der Waals surface area contributed by atoms with Gasteiger partial charge in [-0.1, -0.05) is 32.0 Å². The van der Waals surface area contributed by atoms with Crippen LogP contribution in [0, 0.1) is 0 Å². The maximum absolute atomic E-state index is 12.1. The second-order valence-corrected chi connectivity index (χ2v) is 4.64. The van der Waals surface area contributed by atoms with E-state index in [4.69, 9.17) is 9.47 Å². The molecule has 1 rings (SSSR count). The molecule has 0 saturated heterocycles. The molecule has 2 unspecified atom stereocenters. The molecule has 0 aliphatic heterocycles. The van der Waals surface area contributed by atoms with E-state index >= 15 is 0 Å². The van der Waals surface area contributed by atoms with Gasteiger partial charge in [0.25, 0.3) is 0 Å². The Bertz CT molecular complexity index is 437. The smallest absolute Gasteiger partial charge is 0.328 e. The van der Waals surface area contributed by atoms with Crippen LogP contribution in [-0.2, 0) is 19.1 Å². The van der Waals surface area contributed by atoms with Crippen LogP contribution in [0.4, 0.5) is 5.69 Å². The van der Waals surface area contributed by atoms with E-state index in [0.29, 0.717) is 12.8 Å². The van der Waals surface area contributed by atoms with Gasteiger partial charge in [-0.25, -0.2) is 9.59 Å². The molecular formula is C16H23NO4. The first kappa shape index (κ1) is 17.0. The molecule has 0 spiro atoms. The highest BCUT2D eigenvalue weighted by Gasteiger charge is 2.34. The standard InChI is InChI=1S/C16H23NO4/c1-5-13(15(18)20-3)17(12-10-8-7-9-11-12)14(6-2)16(19)21-4/h7-11,13-14H,5-6H2,1-4H3. The molecule has 0 radical (unpaired) electrons. The lowest BCUT2D eigenvalue weighted by molar-refractivity contribution is -0.144. The Morgan fingerprint density at radius 1 is 0.952 bits per heavy atom. The van der Waals surface area contributed by atoms with Crippen LogP contribution in [0.3, 0.4) is 0 Å². The van der Waals surface area contributed by atoms with Crippen LogP contribution in [-0.4, -0.2) is 38.2 Å². The molecule has 0 aliphatic rings. The largest absolute Gasteiger partial charge is 0.467 e. The molecule has 0 fully saturated rings. The molecule has 1 aromatic rings. The normalized spacial score (nSPS) is 13.1. The van der Waals surface area contributed by atoms with Crippen molar-refractivity contribution in [3.05, 3.63) is 30.3 Å². The molecule has 0 N–H and O–H groups in total. The van der Waals surface area contributed by atoms with Gasteiger partial charge in [-0.05, 0) is 25.0 Å². The second kappa shape index (κ2) is 8.29. The third kappa shape index (κ3) is 3.97. The van der Waals surface area contributed by atoms with Crippen LogP contribution < -0.4 is 4.90 Å². The Morgan fingerprint density at radius 3 is 1.71 bits per heavy atom. The molecule has 5 heteroatoms. The Hall–Kier alpha value is -2.04. The molecule has 2 atom stereocenters. The molecule has 1 aromatic carbocycles. The van der Waals surface area contributed by atoms with Gasteiger partial charge in [0, 0.05) is 5.69 Å². The van der Waals surface area contributed by atoms with Gasteiger partial charge < -0.3 is 14.4 Å². The summed E-state index contributed by atoms with van der Waals surface area (Å²) in [4.78, 5) is 25.9. The predicted molar refractivity (Wildman–Crippen MR) is 81.1 cm³/mol. The van der Waals surface area contributed by atoms with Crippen molar-refractivity contribution in [2.45, 2.75) is 38.8 Å². The summed E-state index contributed by atoms with van der Waals surface area (Å²) in [6.07, 6.45) is 1.07. The summed E-state index contributed by atoms with van der Waals surface area (Å²) in [5, 5.41) is 0. The fourth-order valence-electron chi connectivity index (χ4n) is 2.40. The number of anilines is 1. The Morgan fingerprint density at radius 2 is 1.38 bits per heavy atom. The SMILES string of the molecule is CCC(C(=O)OC)N(c1ccccc1)C(CC)C(=O)OC. The fourth-order valence-corrected chi connectivity index (χ4v) is 2.40. The van der Waals surface area contributed by atoms with Crippen molar-refractivity contribution in [3.8, 4) is 0 Å². The van der Waals surface area contributed by atoms with Gasteiger partial charge in [0.1, 0.15) is 12.1 Å². The maximum Gasteiger partial charge on any atom is 0.328 e. The van der Waals surface area contributed by atoms with Crippen LogP contribution >= 0.6 is 0 Å². The van der Waals surface area contributed by atoms with Crippen molar-refractivity contribution in [1.29, 1.82) is 0 Å². The lowest BCUT2D eigenvalue weighted by Crippen LogP contribution is -2.51. The minimum absolute atomic E-state index is 0.358. The van der Waals surface area contributed by atoms with E-state index in [0.717, 1.165) is 5.69 Å². The number of rotatable bonds is 7. The van der Waals surface area contributed by atoms with E-state index in [-0.39, 0.29) is 11.9 Å². The van der Waals surface area contributed by atoms with Crippen molar-refractivity contribution in [3.63, 3.8) is 0 Å². The maximum atomic E-state index is 12.1. The summed E-state index contributed by atoms with van der Waals surface area (Å²) in [6.45, 7) is 3.78. The summed E-state index contributed by atoms with van der Waals surface area (Å²) < 4.78 is 9.76. The Labute approximate surface area is 125 Å². The highest BCUT2D eigenvalue weighted by atomic mass is 16.5. The molecule has 0 amide bonds. The molecule has 0 aromatic heterocycles. The minimum atomic E-state index is -0.526. The first-order chi connectivity index (χ1) is 10.1. The van der Waals surface area contributed by atoms with E-state index in [1.807, 2.05) is 44.2 Å². The highest BCUT2D eigenvalue weighted by Crippen LogP contribution is 2.24. The monoisotopic (exact) mass is 293 g/mol. The molecule has 116 valence electrons. The second-order valence-electron chi connectivity index (χ2n) is 4.64. The van der Waals surface area contributed by atoms with E-state index in [2.05, 4.69) is 0 Å². The first-order valence-corrected chi connectivity index (χ1v) is 7.09. The number of ether oxygens (including phenoxy) is 2. The number of methoxy groups -OCH3 is 2. The average molecular weight is 293 g/mol. The predicted octanol–water partition coefficient (Wildman–Crippen LogP) is 2.40. The quantitative estimate of drug-likeness (QED) is 0.723. The third-order valence-electron chi connectivity index (χ3n) is 3.45. The Kier molecular flexibility index (Phi) is 6.72. The number of carbonyl (C=O) groups is 2. The Balaban J connectivity index is 3.27. The zero-order chi connectivity index (χ0) is 15.8. The first-order valence-electron chi connectivity index (χ1n) is 7.09. The zero-order valence-corrected chi connectivity index (χ0v) is 13.0. The van der Waals surface area contributed by atoms with E-state index in [1.165, 1.54) is 14.2 Å². The van der Waals surface area contributed by atoms with Gasteiger partial charge in [-0.15, -0.1) is 0 Å². The molecule has 0 bridgehead atoms.